The van der Waals surface area contributed by atoms with Crippen LogP contribution in [-0.2, 0) is 16.1 Å². The van der Waals surface area contributed by atoms with E-state index >= 15 is 0 Å². The number of benzene rings is 1. The number of carbonyl (C=O) groups is 2. The largest absolute Gasteiger partial charge is 0.465 e. The van der Waals surface area contributed by atoms with Gasteiger partial charge in [0.2, 0.25) is 5.91 Å². The highest BCUT2D eigenvalue weighted by Gasteiger charge is 2.14. The summed E-state index contributed by atoms with van der Waals surface area (Å²) in [5, 5.41) is 3.22. The number of rotatable bonds is 4. The van der Waals surface area contributed by atoms with Gasteiger partial charge in [0, 0.05) is 10.6 Å². The zero-order valence-corrected chi connectivity index (χ0v) is 15.3. The van der Waals surface area contributed by atoms with Crippen molar-refractivity contribution >= 4 is 39.1 Å². The SMILES string of the molecule is COC(=O)c1cccc(NC(=O)Cn2cnc3sc(C)c(C)c3c2=O)c1. The van der Waals surface area contributed by atoms with Gasteiger partial charge in [-0.2, -0.15) is 0 Å². The fourth-order valence-corrected chi connectivity index (χ4v) is 3.57. The predicted molar refractivity (Wildman–Crippen MR) is 99.8 cm³/mol. The highest BCUT2D eigenvalue weighted by molar-refractivity contribution is 7.18. The smallest absolute Gasteiger partial charge is 0.337 e. The van der Waals surface area contributed by atoms with Crippen LogP contribution in [0.2, 0.25) is 0 Å². The number of amides is 1. The van der Waals surface area contributed by atoms with E-state index in [-0.39, 0.29) is 18.0 Å². The molecule has 7 nitrogen and oxygen atoms in total. The summed E-state index contributed by atoms with van der Waals surface area (Å²) in [7, 11) is 1.29. The highest BCUT2D eigenvalue weighted by atomic mass is 32.1. The first-order valence-electron chi connectivity index (χ1n) is 7.84. The second-order valence-electron chi connectivity index (χ2n) is 5.76. The van der Waals surface area contributed by atoms with Crippen LogP contribution in [0.25, 0.3) is 10.2 Å². The average Bonchev–Trinajstić information content (AvgIpc) is 2.92. The van der Waals surface area contributed by atoms with Crippen molar-refractivity contribution in [3.63, 3.8) is 0 Å². The summed E-state index contributed by atoms with van der Waals surface area (Å²) in [4.78, 5) is 42.5. The minimum absolute atomic E-state index is 0.168. The van der Waals surface area contributed by atoms with Crippen LogP contribution in [0.4, 0.5) is 5.69 Å². The van der Waals surface area contributed by atoms with E-state index in [9.17, 15) is 14.4 Å². The molecule has 0 atom stereocenters. The summed E-state index contributed by atoms with van der Waals surface area (Å²) in [6.07, 6.45) is 1.38. The molecule has 0 saturated carbocycles. The van der Waals surface area contributed by atoms with Crippen molar-refractivity contribution in [1.82, 2.24) is 9.55 Å². The number of fused-ring (bicyclic) bond motifs is 1. The number of esters is 1. The van der Waals surface area contributed by atoms with Crippen molar-refractivity contribution < 1.29 is 14.3 Å². The molecular weight excluding hydrogens is 354 g/mol. The van der Waals surface area contributed by atoms with Crippen LogP contribution in [-0.4, -0.2) is 28.5 Å². The average molecular weight is 371 g/mol. The number of nitrogens with zero attached hydrogens (tertiary/aromatic N) is 2. The van der Waals surface area contributed by atoms with E-state index in [0.717, 1.165) is 10.4 Å². The Morgan fingerprint density at radius 1 is 1.31 bits per heavy atom. The van der Waals surface area contributed by atoms with E-state index in [0.29, 0.717) is 21.5 Å². The predicted octanol–water partition coefficient (Wildman–Crippen LogP) is 2.50. The van der Waals surface area contributed by atoms with Crippen molar-refractivity contribution in [2.24, 2.45) is 0 Å². The molecule has 2 aromatic heterocycles. The molecule has 0 bridgehead atoms. The summed E-state index contributed by atoms with van der Waals surface area (Å²) < 4.78 is 5.94. The summed E-state index contributed by atoms with van der Waals surface area (Å²) >= 11 is 1.46. The molecule has 0 unspecified atom stereocenters. The van der Waals surface area contributed by atoms with Crippen LogP contribution in [0.5, 0.6) is 0 Å². The van der Waals surface area contributed by atoms with Gasteiger partial charge in [0.05, 0.1) is 24.4 Å². The molecule has 0 aliphatic rings. The lowest BCUT2D eigenvalue weighted by Crippen LogP contribution is -2.27. The fraction of sp³-hybridized carbons (Fsp3) is 0.222. The zero-order valence-electron chi connectivity index (χ0n) is 14.5. The number of hydrogen-bond acceptors (Lipinski definition) is 6. The number of aryl methyl sites for hydroxylation is 2. The number of carbonyl (C=O) groups excluding carboxylic acids is 2. The van der Waals surface area contributed by atoms with Crippen LogP contribution in [0, 0.1) is 13.8 Å². The minimum atomic E-state index is -0.490. The number of hydrogen-bond donors (Lipinski definition) is 1. The molecule has 3 rings (SSSR count). The molecule has 26 heavy (non-hydrogen) atoms. The fourth-order valence-electron chi connectivity index (χ4n) is 2.58. The lowest BCUT2D eigenvalue weighted by atomic mass is 10.2. The number of anilines is 1. The van der Waals surface area contributed by atoms with Gasteiger partial charge in [-0.1, -0.05) is 6.07 Å². The van der Waals surface area contributed by atoms with Crippen molar-refractivity contribution in [3.05, 3.63) is 57.0 Å². The van der Waals surface area contributed by atoms with Crippen molar-refractivity contribution in [2.75, 3.05) is 12.4 Å². The van der Waals surface area contributed by atoms with E-state index in [2.05, 4.69) is 15.0 Å². The molecule has 2 heterocycles. The summed E-state index contributed by atoms with van der Waals surface area (Å²) in [5.74, 6) is -0.879. The molecule has 3 aromatic rings. The Balaban J connectivity index is 1.82. The first-order chi connectivity index (χ1) is 12.4. The van der Waals surface area contributed by atoms with Crippen LogP contribution >= 0.6 is 11.3 Å². The maximum absolute atomic E-state index is 12.6. The number of nitrogens with one attached hydrogen (secondary N) is 1. The molecule has 0 aliphatic carbocycles. The summed E-state index contributed by atoms with van der Waals surface area (Å²) in [6.45, 7) is 3.64. The van der Waals surface area contributed by atoms with Gasteiger partial charge >= 0.3 is 5.97 Å². The van der Waals surface area contributed by atoms with Gasteiger partial charge in [-0.15, -0.1) is 11.3 Å². The number of aromatic nitrogens is 2. The second-order valence-corrected chi connectivity index (χ2v) is 6.96. The van der Waals surface area contributed by atoms with Crippen molar-refractivity contribution in [2.45, 2.75) is 20.4 Å². The van der Waals surface area contributed by atoms with Crippen LogP contribution in [0.1, 0.15) is 20.8 Å². The monoisotopic (exact) mass is 371 g/mol. The quantitative estimate of drug-likeness (QED) is 0.712. The molecule has 134 valence electrons. The Hall–Kier alpha value is -3.00. The van der Waals surface area contributed by atoms with Gasteiger partial charge in [0.25, 0.3) is 5.56 Å². The molecule has 8 heteroatoms. The molecule has 0 fully saturated rings. The summed E-state index contributed by atoms with van der Waals surface area (Å²) in [5.41, 5.74) is 1.43. The molecule has 0 aliphatic heterocycles. The Labute approximate surface area is 153 Å². The highest BCUT2D eigenvalue weighted by Crippen LogP contribution is 2.25. The van der Waals surface area contributed by atoms with Gasteiger partial charge in [-0.3, -0.25) is 14.2 Å². The Morgan fingerprint density at radius 3 is 2.81 bits per heavy atom. The van der Waals surface area contributed by atoms with E-state index in [1.807, 2.05) is 13.8 Å². The molecule has 0 radical (unpaired) electrons. The van der Waals surface area contributed by atoms with E-state index < -0.39 is 5.97 Å². The van der Waals surface area contributed by atoms with Crippen LogP contribution < -0.4 is 10.9 Å². The van der Waals surface area contributed by atoms with E-state index in [1.54, 1.807) is 18.2 Å². The third kappa shape index (κ3) is 3.36. The number of thiophene rings is 1. The zero-order chi connectivity index (χ0) is 18.8. The van der Waals surface area contributed by atoms with Crippen LogP contribution in [0.15, 0.2) is 35.4 Å². The van der Waals surface area contributed by atoms with Crippen molar-refractivity contribution in [3.8, 4) is 0 Å². The maximum atomic E-state index is 12.6. The molecule has 0 saturated heterocycles. The van der Waals surface area contributed by atoms with Crippen molar-refractivity contribution in [1.29, 1.82) is 0 Å². The van der Waals surface area contributed by atoms with Gasteiger partial charge in [0.1, 0.15) is 11.4 Å². The van der Waals surface area contributed by atoms with Gasteiger partial charge in [-0.05, 0) is 37.6 Å². The first kappa shape index (κ1) is 17.8. The normalized spacial score (nSPS) is 10.7. The molecular formula is C18H17N3O4S. The standard InChI is InChI=1S/C18H17N3O4S/c1-10-11(2)26-16-15(10)17(23)21(9-19-16)8-14(22)20-13-6-4-5-12(7-13)18(24)25-3/h4-7,9H,8H2,1-3H3,(H,20,22). The Morgan fingerprint density at radius 2 is 2.08 bits per heavy atom. The number of ether oxygens (including phenoxy) is 1. The third-order valence-corrected chi connectivity index (χ3v) is 5.15. The molecule has 1 amide bonds. The topological polar surface area (TPSA) is 90.3 Å². The van der Waals surface area contributed by atoms with Gasteiger partial charge < -0.3 is 10.1 Å². The second kappa shape index (κ2) is 7.09. The molecule has 1 N–H and O–H groups in total. The first-order valence-corrected chi connectivity index (χ1v) is 8.65. The van der Waals surface area contributed by atoms with Gasteiger partial charge in [0.15, 0.2) is 0 Å². The minimum Gasteiger partial charge on any atom is -0.465 e. The summed E-state index contributed by atoms with van der Waals surface area (Å²) in [6, 6.07) is 6.39. The maximum Gasteiger partial charge on any atom is 0.337 e. The molecule has 1 aromatic carbocycles. The number of methoxy groups -OCH3 is 1. The van der Waals surface area contributed by atoms with E-state index in [1.165, 1.54) is 35.4 Å². The van der Waals surface area contributed by atoms with Crippen LogP contribution in [0.3, 0.4) is 0 Å². The lowest BCUT2D eigenvalue weighted by molar-refractivity contribution is -0.116. The lowest BCUT2D eigenvalue weighted by Gasteiger charge is -2.08. The third-order valence-electron chi connectivity index (χ3n) is 4.04. The Bertz CT molecular complexity index is 1070. The van der Waals surface area contributed by atoms with E-state index in [4.69, 9.17) is 0 Å². The molecule has 0 spiro atoms. The van der Waals surface area contributed by atoms with Gasteiger partial charge in [-0.25, -0.2) is 9.78 Å². The Kier molecular flexibility index (Phi) is 4.85.